The van der Waals surface area contributed by atoms with E-state index in [1.165, 1.54) is 27.9 Å². The maximum Gasteiger partial charge on any atom is 0.0759 e. The molecule has 0 amide bonds. The van der Waals surface area contributed by atoms with Crippen molar-refractivity contribution >= 4 is 27.3 Å². The highest BCUT2D eigenvalue weighted by atomic mass is 79.9. The minimum atomic E-state index is 0.387. The zero-order valence-corrected chi connectivity index (χ0v) is 14.2. The Morgan fingerprint density at radius 2 is 2.21 bits per heavy atom. The molecule has 0 spiro atoms. The molecule has 0 aliphatic heterocycles. The highest BCUT2D eigenvalue weighted by molar-refractivity contribution is 9.11. The second kappa shape index (κ2) is 7.77. The van der Waals surface area contributed by atoms with Gasteiger partial charge >= 0.3 is 0 Å². The molecule has 1 heterocycles. The van der Waals surface area contributed by atoms with Gasteiger partial charge in [0.15, 0.2) is 0 Å². The lowest BCUT2D eigenvalue weighted by atomic mass is 10.0. The second-order valence-corrected chi connectivity index (χ2v) is 7.78. The van der Waals surface area contributed by atoms with Gasteiger partial charge in [-0.2, -0.15) is 0 Å². The molecule has 1 aliphatic carbocycles. The highest BCUT2D eigenvalue weighted by Gasteiger charge is 2.37. The van der Waals surface area contributed by atoms with Crippen molar-refractivity contribution in [3.8, 4) is 0 Å². The van der Waals surface area contributed by atoms with Crippen LogP contribution in [0.3, 0.4) is 0 Å². The average Bonchev–Trinajstić information content (AvgIpc) is 3.15. The third kappa shape index (κ3) is 4.85. The number of hydrogen-bond acceptors (Lipinski definition) is 3. The van der Waals surface area contributed by atoms with Crippen LogP contribution < -0.4 is 5.32 Å². The highest BCUT2D eigenvalue weighted by Crippen LogP contribution is 2.37. The summed E-state index contributed by atoms with van der Waals surface area (Å²) < 4.78 is 7.25. The molecule has 108 valence electrons. The van der Waals surface area contributed by atoms with Crippen LogP contribution >= 0.6 is 27.3 Å². The molecular weight excluding hydrogens is 322 g/mol. The summed E-state index contributed by atoms with van der Waals surface area (Å²) in [5.41, 5.74) is 0. The van der Waals surface area contributed by atoms with Crippen molar-refractivity contribution in [3.63, 3.8) is 0 Å². The Balaban J connectivity index is 2.00. The van der Waals surface area contributed by atoms with Gasteiger partial charge < -0.3 is 10.1 Å². The van der Waals surface area contributed by atoms with Crippen molar-refractivity contribution in [3.05, 3.63) is 20.8 Å². The number of halogens is 1. The maximum absolute atomic E-state index is 6.03. The van der Waals surface area contributed by atoms with E-state index in [0.717, 1.165) is 25.5 Å². The van der Waals surface area contributed by atoms with Crippen LogP contribution in [0.25, 0.3) is 0 Å². The number of ether oxygens (including phenoxy) is 1. The summed E-state index contributed by atoms with van der Waals surface area (Å²) in [6, 6.07) is 4.83. The van der Waals surface area contributed by atoms with E-state index in [-0.39, 0.29) is 0 Å². The van der Waals surface area contributed by atoms with Crippen molar-refractivity contribution in [2.45, 2.75) is 51.7 Å². The Bertz CT molecular complexity index is 378. The van der Waals surface area contributed by atoms with Crippen molar-refractivity contribution in [1.29, 1.82) is 0 Å². The molecule has 2 nitrogen and oxygen atoms in total. The van der Waals surface area contributed by atoms with Crippen molar-refractivity contribution < 1.29 is 4.74 Å². The van der Waals surface area contributed by atoms with Crippen LogP contribution in [0.1, 0.15) is 38.0 Å². The Labute approximate surface area is 129 Å². The quantitative estimate of drug-likeness (QED) is 0.722. The van der Waals surface area contributed by atoms with E-state index in [9.17, 15) is 0 Å². The summed E-state index contributed by atoms with van der Waals surface area (Å²) in [6.07, 6.45) is 5.31. The van der Waals surface area contributed by atoms with E-state index in [2.05, 4.69) is 47.2 Å². The molecule has 1 aromatic heterocycles. The molecule has 2 unspecified atom stereocenters. The molecule has 0 aromatic carbocycles. The van der Waals surface area contributed by atoms with E-state index in [4.69, 9.17) is 4.74 Å². The maximum atomic E-state index is 6.03. The predicted molar refractivity (Wildman–Crippen MR) is 85.9 cm³/mol. The van der Waals surface area contributed by atoms with Gasteiger partial charge in [-0.3, -0.25) is 0 Å². The van der Waals surface area contributed by atoms with Gasteiger partial charge in [-0.15, -0.1) is 11.3 Å². The fourth-order valence-electron chi connectivity index (χ4n) is 2.51. The second-order valence-electron chi connectivity index (χ2n) is 5.23. The van der Waals surface area contributed by atoms with E-state index >= 15 is 0 Å². The first-order valence-electron chi connectivity index (χ1n) is 7.33. The Morgan fingerprint density at radius 1 is 1.42 bits per heavy atom. The molecule has 2 atom stereocenters. The first-order chi connectivity index (χ1) is 9.24. The van der Waals surface area contributed by atoms with Crippen LogP contribution in [0.2, 0.25) is 0 Å². The summed E-state index contributed by atoms with van der Waals surface area (Å²) in [5.74, 6) is 0.776. The SMILES string of the molecule is CCCNC(Cc1ccc(Br)s1)C(OCC)C1CC1. The Kier molecular flexibility index (Phi) is 6.33. The largest absolute Gasteiger partial charge is 0.377 e. The third-order valence-electron chi connectivity index (χ3n) is 3.55. The lowest BCUT2D eigenvalue weighted by Crippen LogP contribution is -2.44. The molecular formula is C15H24BrNOS. The lowest BCUT2D eigenvalue weighted by Gasteiger charge is -2.28. The summed E-state index contributed by atoms with van der Waals surface area (Å²) in [5, 5.41) is 3.70. The summed E-state index contributed by atoms with van der Waals surface area (Å²) in [4.78, 5) is 1.44. The van der Waals surface area contributed by atoms with Gasteiger partial charge in [-0.25, -0.2) is 0 Å². The summed E-state index contributed by atoms with van der Waals surface area (Å²) >= 11 is 5.39. The zero-order valence-electron chi connectivity index (χ0n) is 11.8. The average molecular weight is 346 g/mol. The van der Waals surface area contributed by atoms with Crippen molar-refractivity contribution in [1.82, 2.24) is 5.32 Å². The number of rotatable bonds is 9. The van der Waals surface area contributed by atoms with Gasteiger partial charge in [0, 0.05) is 17.5 Å². The first kappa shape index (κ1) is 15.5. The van der Waals surface area contributed by atoms with Crippen LogP contribution in [0.15, 0.2) is 15.9 Å². The van der Waals surface area contributed by atoms with Gasteiger partial charge in [0.1, 0.15) is 0 Å². The normalized spacial score (nSPS) is 18.5. The zero-order chi connectivity index (χ0) is 13.7. The predicted octanol–water partition coefficient (Wildman–Crippen LogP) is 4.24. The monoisotopic (exact) mass is 345 g/mol. The fraction of sp³-hybridized carbons (Fsp3) is 0.733. The molecule has 0 bridgehead atoms. The van der Waals surface area contributed by atoms with Crippen molar-refractivity contribution in [2.24, 2.45) is 5.92 Å². The van der Waals surface area contributed by atoms with Crippen LogP contribution in [-0.2, 0) is 11.2 Å². The smallest absolute Gasteiger partial charge is 0.0759 e. The topological polar surface area (TPSA) is 21.3 Å². The third-order valence-corrected chi connectivity index (χ3v) is 5.19. The van der Waals surface area contributed by atoms with E-state index in [1.807, 2.05) is 11.3 Å². The first-order valence-corrected chi connectivity index (χ1v) is 8.94. The van der Waals surface area contributed by atoms with Crippen LogP contribution in [0, 0.1) is 5.92 Å². The van der Waals surface area contributed by atoms with E-state index in [1.54, 1.807) is 0 Å². The minimum Gasteiger partial charge on any atom is -0.377 e. The van der Waals surface area contributed by atoms with Crippen LogP contribution in [-0.4, -0.2) is 25.3 Å². The Morgan fingerprint density at radius 3 is 2.74 bits per heavy atom. The number of nitrogens with one attached hydrogen (secondary N) is 1. The molecule has 0 radical (unpaired) electrons. The lowest BCUT2D eigenvalue weighted by molar-refractivity contribution is 0.0194. The molecule has 19 heavy (non-hydrogen) atoms. The van der Waals surface area contributed by atoms with E-state index < -0.39 is 0 Å². The fourth-order valence-corrected chi connectivity index (χ4v) is 4.05. The summed E-state index contributed by atoms with van der Waals surface area (Å²) in [6.45, 7) is 6.22. The van der Waals surface area contributed by atoms with Crippen LogP contribution in [0.4, 0.5) is 0 Å². The number of hydrogen-bond donors (Lipinski definition) is 1. The molecule has 1 aliphatic rings. The van der Waals surface area contributed by atoms with Gasteiger partial charge in [-0.1, -0.05) is 6.92 Å². The molecule has 0 saturated heterocycles. The molecule has 2 rings (SSSR count). The van der Waals surface area contributed by atoms with Gasteiger partial charge in [-0.05, 0) is 73.1 Å². The van der Waals surface area contributed by atoms with Gasteiger partial charge in [0.2, 0.25) is 0 Å². The van der Waals surface area contributed by atoms with Crippen molar-refractivity contribution in [2.75, 3.05) is 13.2 Å². The van der Waals surface area contributed by atoms with E-state index in [0.29, 0.717) is 12.1 Å². The molecule has 1 N–H and O–H groups in total. The standard InChI is InChI=1S/C15H24BrNOS/c1-3-9-17-13(10-12-7-8-14(16)19-12)15(18-4-2)11-5-6-11/h7-8,11,13,15,17H,3-6,9-10H2,1-2H3. The number of thiophene rings is 1. The molecule has 1 fully saturated rings. The minimum absolute atomic E-state index is 0.387. The van der Waals surface area contributed by atoms with Crippen LogP contribution in [0.5, 0.6) is 0 Å². The molecule has 4 heteroatoms. The Hall–Kier alpha value is 0.1000. The molecule has 1 aromatic rings. The van der Waals surface area contributed by atoms with Gasteiger partial charge in [0.25, 0.3) is 0 Å². The summed E-state index contributed by atoms with van der Waals surface area (Å²) in [7, 11) is 0. The molecule has 1 saturated carbocycles. The van der Waals surface area contributed by atoms with Gasteiger partial charge in [0.05, 0.1) is 9.89 Å².